The average molecular weight is 460 g/mol. The number of ether oxygens (including phenoxy) is 2. The number of halogens is 1. The summed E-state index contributed by atoms with van der Waals surface area (Å²) in [6, 6.07) is 5.27. The topological polar surface area (TPSA) is 91.9 Å². The molecule has 3 rings (SSSR count). The summed E-state index contributed by atoms with van der Waals surface area (Å²) in [5.41, 5.74) is 1.96. The number of aryl methyl sites for hydroxylation is 1. The molecule has 1 aromatic carbocycles. The van der Waals surface area contributed by atoms with Gasteiger partial charge < -0.3 is 19.4 Å². The Labute approximate surface area is 192 Å². The molecule has 1 aliphatic rings. The van der Waals surface area contributed by atoms with Crippen molar-refractivity contribution in [3.63, 3.8) is 0 Å². The Morgan fingerprint density at radius 3 is 2.45 bits per heavy atom. The largest absolute Gasteiger partial charge is 0.461 e. The summed E-state index contributed by atoms with van der Waals surface area (Å²) >= 11 is 0. The highest BCUT2D eigenvalue weighted by Crippen LogP contribution is 2.20. The molecule has 2 heterocycles. The molecule has 0 spiro atoms. The predicted octanol–water partition coefficient (Wildman–Crippen LogP) is 2.60. The Balaban J connectivity index is 1.81. The van der Waals surface area contributed by atoms with Crippen LogP contribution in [0.2, 0.25) is 0 Å². The molecule has 1 fully saturated rings. The van der Waals surface area contributed by atoms with Crippen LogP contribution in [0.1, 0.15) is 49.4 Å². The lowest BCUT2D eigenvalue weighted by atomic mass is 10.0. The Kier molecular flexibility index (Phi) is 8.35. The third-order valence-corrected chi connectivity index (χ3v) is 5.70. The van der Waals surface area contributed by atoms with Crippen molar-refractivity contribution in [2.24, 2.45) is 0 Å². The number of nitrogens with zero attached hydrogens (tertiary/aromatic N) is 2. The van der Waals surface area contributed by atoms with Crippen LogP contribution in [0, 0.1) is 19.7 Å². The van der Waals surface area contributed by atoms with Crippen LogP contribution < -0.4 is 0 Å². The maximum Gasteiger partial charge on any atom is 0.355 e. The first-order chi connectivity index (χ1) is 15.8. The molecule has 1 N–H and O–H groups in total. The summed E-state index contributed by atoms with van der Waals surface area (Å²) in [5, 5.41) is 0. The summed E-state index contributed by atoms with van der Waals surface area (Å²) < 4.78 is 23.8. The first kappa shape index (κ1) is 24.6. The number of esters is 1. The minimum atomic E-state index is -0.524. The molecule has 0 radical (unpaired) electrons. The molecule has 2 aromatic rings. The molecule has 1 aliphatic heterocycles. The first-order valence-electron chi connectivity index (χ1n) is 11.1. The molecule has 1 saturated heterocycles. The van der Waals surface area contributed by atoms with Crippen molar-refractivity contribution in [1.82, 2.24) is 14.8 Å². The van der Waals surface area contributed by atoms with Crippen LogP contribution in [-0.4, -0.2) is 85.0 Å². The van der Waals surface area contributed by atoms with Crippen molar-refractivity contribution in [1.29, 1.82) is 0 Å². The molecule has 0 bridgehead atoms. The first-order valence-corrected chi connectivity index (χ1v) is 11.1. The van der Waals surface area contributed by atoms with Gasteiger partial charge in [0.15, 0.2) is 5.78 Å². The van der Waals surface area contributed by atoms with E-state index in [0.717, 1.165) is 13.1 Å². The van der Waals surface area contributed by atoms with Crippen molar-refractivity contribution >= 4 is 17.7 Å². The van der Waals surface area contributed by atoms with Gasteiger partial charge >= 0.3 is 5.97 Å². The Hall–Kier alpha value is -3.04. The highest BCUT2D eigenvalue weighted by molar-refractivity contribution is 6.05. The molecule has 1 amide bonds. The number of carbonyl (C=O) groups is 3. The van der Waals surface area contributed by atoms with Gasteiger partial charge in [-0.15, -0.1) is 0 Å². The number of benzene rings is 1. The van der Waals surface area contributed by atoms with Crippen LogP contribution in [0.4, 0.5) is 4.39 Å². The van der Waals surface area contributed by atoms with Gasteiger partial charge in [-0.1, -0.05) is 0 Å². The maximum absolute atomic E-state index is 13.3. The second kappa shape index (κ2) is 11.2. The highest BCUT2D eigenvalue weighted by atomic mass is 19.1. The van der Waals surface area contributed by atoms with Gasteiger partial charge in [0, 0.05) is 43.0 Å². The van der Waals surface area contributed by atoms with Gasteiger partial charge in [-0.05, 0) is 50.6 Å². The van der Waals surface area contributed by atoms with Crippen LogP contribution in [-0.2, 0) is 9.47 Å². The van der Waals surface area contributed by atoms with E-state index in [1.807, 2.05) is 0 Å². The number of hydrogen-bond donors (Lipinski definition) is 1. The summed E-state index contributed by atoms with van der Waals surface area (Å²) in [5.74, 6) is -1.60. The zero-order valence-electron chi connectivity index (χ0n) is 19.3. The Bertz CT molecular complexity index is 996. The third-order valence-electron chi connectivity index (χ3n) is 5.70. The molecule has 0 unspecified atom stereocenters. The van der Waals surface area contributed by atoms with Gasteiger partial charge in [0.2, 0.25) is 0 Å². The lowest BCUT2D eigenvalue weighted by Gasteiger charge is -2.30. The normalized spacial score (nSPS) is 14.2. The molecule has 178 valence electrons. The SMILES string of the molecule is CCOC(=O)c1[nH]c(C)c(C(=O)CN(CCN2CCOCC2)C(=O)c2ccc(F)cc2)c1C. The number of aromatic nitrogens is 1. The van der Waals surface area contributed by atoms with Crippen LogP contribution in [0.25, 0.3) is 0 Å². The molecule has 1 aromatic heterocycles. The van der Waals surface area contributed by atoms with E-state index in [9.17, 15) is 18.8 Å². The fraction of sp³-hybridized carbons (Fsp3) is 0.458. The number of rotatable bonds is 9. The molecule has 9 heteroatoms. The lowest BCUT2D eigenvalue weighted by Crippen LogP contribution is -2.44. The number of nitrogens with one attached hydrogen (secondary N) is 1. The molecule has 0 saturated carbocycles. The van der Waals surface area contributed by atoms with Gasteiger partial charge in [-0.2, -0.15) is 0 Å². The fourth-order valence-corrected chi connectivity index (χ4v) is 3.94. The number of aromatic amines is 1. The monoisotopic (exact) mass is 459 g/mol. The standard InChI is InChI=1S/C24H30FN3O5/c1-4-33-24(31)22-16(2)21(17(3)26-22)20(29)15-28(10-9-27-11-13-32-14-12-27)23(30)18-5-7-19(25)8-6-18/h5-8,26H,4,9-15H2,1-3H3. The van der Waals surface area contributed by atoms with E-state index in [1.54, 1.807) is 20.8 Å². The Morgan fingerprint density at radius 2 is 1.82 bits per heavy atom. The van der Waals surface area contributed by atoms with Gasteiger partial charge in [0.05, 0.1) is 26.4 Å². The third kappa shape index (κ3) is 6.06. The number of ketones is 1. The zero-order valence-corrected chi connectivity index (χ0v) is 19.3. The maximum atomic E-state index is 13.3. The number of Topliss-reactive ketones (excluding diaryl/α,β-unsaturated/α-hetero) is 1. The van der Waals surface area contributed by atoms with Crippen molar-refractivity contribution < 1.29 is 28.2 Å². The van der Waals surface area contributed by atoms with Gasteiger partial charge in [0.25, 0.3) is 5.91 Å². The van der Waals surface area contributed by atoms with E-state index in [1.165, 1.54) is 29.2 Å². The number of carbonyl (C=O) groups excluding carboxylic acids is 3. The highest BCUT2D eigenvalue weighted by Gasteiger charge is 2.26. The van der Waals surface area contributed by atoms with Crippen molar-refractivity contribution in [3.8, 4) is 0 Å². The molecule has 0 atom stereocenters. The summed E-state index contributed by atoms with van der Waals surface area (Å²) in [6.45, 7) is 8.85. The lowest BCUT2D eigenvalue weighted by molar-refractivity contribution is 0.0323. The van der Waals surface area contributed by atoms with Crippen LogP contribution in [0.5, 0.6) is 0 Å². The summed E-state index contributed by atoms with van der Waals surface area (Å²) in [7, 11) is 0. The van der Waals surface area contributed by atoms with Gasteiger partial charge in [-0.25, -0.2) is 9.18 Å². The molecule has 33 heavy (non-hydrogen) atoms. The van der Waals surface area contributed by atoms with E-state index < -0.39 is 11.8 Å². The minimum Gasteiger partial charge on any atom is -0.461 e. The van der Waals surface area contributed by atoms with Crippen LogP contribution in [0.3, 0.4) is 0 Å². The molecule has 0 aliphatic carbocycles. The average Bonchev–Trinajstić information content (AvgIpc) is 3.11. The Morgan fingerprint density at radius 1 is 1.15 bits per heavy atom. The number of morpholine rings is 1. The molecular weight excluding hydrogens is 429 g/mol. The smallest absolute Gasteiger partial charge is 0.355 e. The van der Waals surface area contributed by atoms with Crippen LogP contribution in [0.15, 0.2) is 24.3 Å². The quantitative estimate of drug-likeness (QED) is 0.458. The van der Waals surface area contributed by atoms with Crippen molar-refractivity contribution in [3.05, 3.63) is 58.2 Å². The van der Waals surface area contributed by atoms with Crippen molar-refractivity contribution in [2.75, 3.05) is 52.5 Å². The number of amides is 1. The van der Waals surface area contributed by atoms with E-state index in [-0.39, 0.29) is 30.5 Å². The van der Waals surface area contributed by atoms with Gasteiger partial charge in [-0.3, -0.25) is 14.5 Å². The van der Waals surface area contributed by atoms with E-state index in [0.29, 0.717) is 48.7 Å². The van der Waals surface area contributed by atoms with Crippen LogP contribution >= 0.6 is 0 Å². The summed E-state index contributed by atoms with van der Waals surface area (Å²) in [4.78, 5) is 45.2. The predicted molar refractivity (Wildman–Crippen MR) is 120 cm³/mol. The minimum absolute atomic E-state index is 0.164. The second-order valence-corrected chi connectivity index (χ2v) is 7.96. The van der Waals surface area contributed by atoms with Gasteiger partial charge in [0.1, 0.15) is 11.5 Å². The van der Waals surface area contributed by atoms with Crippen molar-refractivity contribution in [2.45, 2.75) is 20.8 Å². The van der Waals surface area contributed by atoms with E-state index in [4.69, 9.17) is 9.47 Å². The summed E-state index contributed by atoms with van der Waals surface area (Å²) in [6.07, 6.45) is 0. The molecular formula is C24H30FN3O5. The van der Waals surface area contributed by atoms with E-state index >= 15 is 0 Å². The zero-order chi connectivity index (χ0) is 24.0. The fourth-order valence-electron chi connectivity index (χ4n) is 3.94. The second-order valence-electron chi connectivity index (χ2n) is 7.96. The number of H-pyrrole nitrogens is 1. The van der Waals surface area contributed by atoms with E-state index in [2.05, 4.69) is 9.88 Å². The number of hydrogen-bond acceptors (Lipinski definition) is 6. The molecule has 8 nitrogen and oxygen atoms in total.